The van der Waals surface area contributed by atoms with E-state index in [1.165, 1.54) is 0 Å². The number of carbonyl (C=O) groups is 1. The SMILES string of the molecule is Cc1ccc2cccc(C(=O)N(C)CCC(C)O)c2n1. The van der Waals surface area contributed by atoms with Crippen molar-refractivity contribution in [2.24, 2.45) is 0 Å². The Balaban J connectivity index is 2.32. The highest BCUT2D eigenvalue weighted by Crippen LogP contribution is 2.18. The van der Waals surface area contributed by atoms with Crippen molar-refractivity contribution in [3.8, 4) is 0 Å². The van der Waals surface area contributed by atoms with Gasteiger partial charge in [-0.05, 0) is 32.4 Å². The van der Waals surface area contributed by atoms with Crippen LogP contribution in [0.2, 0.25) is 0 Å². The van der Waals surface area contributed by atoms with Gasteiger partial charge in [0.05, 0.1) is 17.2 Å². The van der Waals surface area contributed by atoms with Gasteiger partial charge in [-0.25, -0.2) is 0 Å². The minimum atomic E-state index is -0.405. The van der Waals surface area contributed by atoms with E-state index in [0.29, 0.717) is 18.5 Å². The van der Waals surface area contributed by atoms with Crippen LogP contribution in [-0.4, -0.2) is 40.6 Å². The second-order valence-electron chi connectivity index (χ2n) is 5.19. The monoisotopic (exact) mass is 272 g/mol. The van der Waals surface area contributed by atoms with Crippen molar-refractivity contribution in [3.05, 3.63) is 41.6 Å². The van der Waals surface area contributed by atoms with Crippen LogP contribution >= 0.6 is 0 Å². The molecule has 4 nitrogen and oxygen atoms in total. The molecule has 0 aliphatic carbocycles. The molecule has 1 atom stereocenters. The summed E-state index contributed by atoms with van der Waals surface area (Å²) in [6.45, 7) is 4.16. The van der Waals surface area contributed by atoms with Crippen molar-refractivity contribution in [1.29, 1.82) is 0 Å². The maximum Gasteiger partial charge on any atom is 0.255 e. The second-order valence-corrected chi connectivity index (χ2v) is 5.19. The summed E-state index contributed by atoms with van der Waals surface area (Å²) < 4.78 is 0. The van der Waals surface area contributed by atoms with Gasteiger partial charge in [0, 0.05) is 24.7 Å². The van der Waals surface area contributed by atoms with Gasteiger partial charge in [0.2, 0.25) is 0 Å². The fourth-order valence-corrected chi connectivity index (χ4v) is 2.10. The third-order valence-corrected chi connectivity index (χ3v) is 3.32. The molecule has 0 saturated heterocycles. The molecule has 0 aliphatic rings. The van der Waals surface area contributed by atoms with Crippen LogP contribution in [-0.2, 0) is 0 Å². The number of para-hydroxylation sites is 1. The third kappa shape index (κ3) is 3.14. The maximum absolute atomic E-state index is 12.5. The minimum Gasteiger partial charge on any atom is -0.393 e. The van der Waals surface area contributed by atoms with Gasteiger partial charge >= 0.3 is 0 Å². The van der Waals surface area contributed by atoms with Crippen molar-refractivity contribution in [2.75, 3.05) is 13.6 Å². The van der Waals surface area contributed by atoms with Crippen molar-refractivity contribution in [3.63, 3.8) is 0 Å². The van der Waals surface area contributed by atoms with Crippen LogP contribution in [0.1, 0.15) is 29.4 Å². The molecule has 1 N–H and O–H groups in total. The van der Waals surface area contributed by atoms with Gasteiger partial charge in [-0.15, -0.1) is 0 Å². The molecule has 0 aliphatic heterocycles. The molecular formula is C16H20N2O2. The lowest BCUT2D eigenvalue weighted by atomic mass is 10.1. The number of rotatable bonds is 4. The lowest BCUT2D eigenvalue weighted by Gasteiger charge is -2.18. The summed E-state index contributed by atoms with van der Waals surface area (Å²) in [7, 11) is 1.75. The topological polar surface area (TPSA) is 53.4 Å². The zero-order valence-corrected chi connectivity index (χ0v) is 12.1. The summed E-state index contributed by atoms with van der Waals surface area (Å²) in [5.74, 6) is -0.0608. The van der Waals surface area contributed by atoms with Crippen molar-refractivity contribution < 1.29 is 9.90 Å². The Morgan fingerprint density at radius 3 is 2.80 bits per heavy atom. The first-order valence-electron chi connectivity index (χ1n) is 6.79. The first-order valence-corrected chi connectivity index (χ1v) is 6.79. The second kappa shape index (κ2) is 6.01. The zero-order valence-electron chi connectivity index (χ0n) is 12.1. The van der Waals surface area contributed by atoms with Crippen LogP contribution in [0.25, 0.3) is 10.9 Å². The smallest absolute Gasteiger partial charge is 0.255 e. The molecule has 1 aromatic carbocycles. The predicted molar refractivity (Wildman–Crippen MR) is 79.7 cm³/mol. The Bertz CT molecular complexity index is 623. The lowest BCUT2D eigenvalue weighted by molar-refractivity contribution is 0.0770. The number of aromatic nitrogens is 1. The number of benzene rings is 1. The van der Waals surface area contributed by atoms with Crippen LogP contribution in [0.4, 0.5) is 0 Å². The predicted octanol–water partition coefficient (Wildman–Crippen LogP) is 2.39. The van der Waals surface area contributed by atoms with Crippen molar-refractivity contribution in [2.45, 2.75) is 26.4 Å². The van der Waals surface area contributed by atoms with E-state index in [1.54, 1.807) is 24.9 Å². The van der Waals surface area contributed by atoms with E-state index in [2.05, 4.69) is 4.98 Å². The molecule has 1 amide bonds. The number of fused-ring (bicyclic) bond motifs is 1. The molecule has 4 heteroatoms. The minimum absolute atomic E-state index is 0.0608. The number of aliphatic hydroxyl groups is 1. The van der Waals surface area contributed by atoms with E-state index in [9.17, 15) is 9.90 Å². The standard InChI is InChI=1S/C16H20N2O2/c1-11-7-8-13-5-4-6-14(15(13)17-11)16(20)18(3)10-9-12(2)19/h4-8,12,19H,9-10H2,1-3H3. The van der Waals surface area contributed by atoms with E-state index < -0.39 is 6.10 Å². The summed E-state index contributed by atoms with van der Waals surface area (Å²) in [6.07, 6.45) is 0.164. The molecule has 0 spiro atoms. The van der Waals surface area contributed by atoms with Crippen LogP contribution in [0, 0.1) is 6.92 Å². The van der Waals surface area contributed by atoms with Gasteiger partial charge in [0.25, 0.3) is 5.91 Å². The highest BCUT2D eigenvalue weighted by molar-refractivity contribution is 6.05. The van der Waals surface area contributed by atoms with Crippen molar-refractivity contribution in [1.82, 2.24) is 9.88 Å². The average Bonchev–Trinajstić information content (AvgIpc) is 2.43. The zero-order chi connectivity index (χ0) is 14.7. The van der Waals surface area contributed by atoms with Crippen LogP contribution in [0.5, 0.6) is 0 Å². The number of nitrogens with zero attached hydrogens (tertiary/aromatic N) is 2. The van der Waals surface area contributed by atoms with E-state index in [-0.39, 0.29) is 5.91 Å². The molecule has 1 heterocycles. The van der Waals surface area contributed by atoms with Gasteiger partial charge < -0.3 is 10.0 Å². The quantitative estimate of drug-likeness (QED) is 0.929. The van der Waals surface area contributed by atoms with E-state index in [4.69, 9.17) is 0 Å². The number of carbonyl (C=O) groups excluding carboxylic acids is 1. The number of aliphatic hydroxyl groups excluding tert-OH is 1. The van der Waals surface area contributed by atoms with E-state index in [0.717, 1.165) is 16.6 Å². The van der Waals surface area contributed by atoms with Gasteiger partial charge in [0.15, 0.2) is 0 Å². The molecule has 0 radical (unpaired) electrons. The first kappa shape index (κ1) is 14.5. The first-order chi connectivity index (χ1) is 9.49. The molecule has 20 heavy (non-hydrogen) atoms. The molecule has 0 bridgehead atoms. The summed E-state index contributed by atoms with van der Waals surface area (Å²) >= 11 is 0. The Kier molecular flexibility index (Phi) is 4.35. The molecule has 2 rings (SSSR count). The molecule has 106 valence electrons. The van der Waals surface area contributed by atoms with E-state index >= 15 is 0 Å². The van der Waals surface area contributed by atoms with Gasteiger partial charge in [0.1, 0.15) is 0 Å². The Labute approximate surface area is 119 Å². The molecule has 1 unspecified atom stereocenters. The maximum atomic E-state index is 12.5. The van der Waals surface area contributed by atoms with Crippen LogP contribution in [0.3, 0.4) is 0 Å². The lowest BCUT2D eigenvalue weighted by Crippen LogP contribution is -2.29. The van der Waals surface area contributed by atoms with Gasteiger partial charge in [-0.1, -0.05) is 18.2 Å². The molecule has 2 aromatic rings. The number of amides is 1. The van der Waals surface area contributed by atoms with Crippen LogP contribution in [0.15, 0.2) is 30.3 Å². The number of pyridine rings is 1. The molecule has 1 aromatic heterocycles. The van der Waals surface area contributed by atoms with Gasteiger partial charge in [-0.2, -0.15) is 0 Å². The Morgan fingerprint density at radius 1 is 1.35 bits per heavy atom. The summed E-state index contributed by atoms with van der Waals surface area (Å²) in [5, 5.41) is 10.3. The largest absolute Gasteiger partial charge is 0.393 e. The number of hydrogen-bond donors (Lipinski definition) is 1. The normalized spacial score (nSPS) is 12.4. The number of aryl methyl sites for hydroxylation is 1. The fourth-order valence-electron chi connectivity index (χ4n) is 2.10. The number of hydrogen-bond acceptors (Lipinski definition) is 3. The fraction of sp³-hybridized carbons (Fsp3) is 0.375. The molecule has 0 fully saturated rings. The molecular weight excluding hydrogens is 252 g/mol. The van der Waals surface area contributed by atoms with Crippen molar-refractivity contribution >= 4 is 16.8 Å². The summed E-state index contributed by atoms with van der Waals surface area (Å²) in [4.78, 5) is 18.6. The summed E-state index contributed by atoms with van der Waals surface area (Å²) in [6, 6.07) is 9.54. The van der Waals surface area contributed by atoms with Gasteiger partial charge in [-0.3, -0.25) is 9.78 Å². The highest BCUT2D eigenvalue weighted by Gasteiger charge is 2.15. The Hall–Kier alpha value is -1.94. The average molecular weight is 272 g/mol. The molecule has 0 saturated carbocycles. The Morgan fingerprint density at radius 2 is 2.10 bits per heavy atom. The van der Waals surface area contributed by atoms with Crippen LogP contribution < -0.4 is 0 Å². The van der Waals surface area contributed by atoms with E-state index in [1.807, 2.05) is 31.2 Å². The highest BCUT2D eigenvalue weighted by atomic mass is 16.3. The third-order valence-electron chi connectivity index (χ3n) is 3.32. The summed E-state index contributed by atoms with van der Waals surface area (Å²) in [5.41, 5.74) is 2.24.